The van der Waals surface area contributed by atoms with Crippen LogP contribution in [0.15, 0.2) is 0 Å². The molecule has 0 bridgehead atoms. The van der Waals surface area contributed by atoms with Gasteiger partial charge in [0.1, 0.15) is 0 Å². The predicted octanol–water partition coefficient (Wildman–Crippen LogP) is 1.63. The molecule has 0 fully saturated rings. The first-order chi connectivity index (χ1) is 7.49. The number of rotatable bonds is 9. The smallest absolute Gasteiger partial charge is 0.383 e. The van der Waals surface area contributed by atoms with E-state index in [-0.39, 0.29) is 6.42 Å². The highest BCUT2D eigenvalue weighted by Gasteiger charge is 2.26. The SMILES string of the molecule is COCCN(CCCN)CCCC(F)(F)F. The Hall–Kier alpha value is -0.330. The maximum absolute atomic E-state index is 11.9. The first-order valence-corrected chi connectivity index (χ1v) is 5.47. The molecular formula is C10H21F3N2O. The van der Waals surface area contributed by atoms with E-state index in [9.17, 15) is 13.2 Å². The molecule has 0 aromatic heterocycles. The number of halogens is 3. The number of alkyl halides is 3. The number of methoxy groups -OCH3 is 1. The molecule has 0 radical (unpaired) electrons. The summed E-state index contributed by atoms with van der Waals surface area (Å²) in [6.45, 7) is 2.94. The highest BCUT2D eigenvalue weighted by atomic mass is 19.4. The monoisotopic (exact) mass is 242 g/mol. The van der Waals surface area contributed by atoms with Crippen LogP contribution in [-0.2, 0) is 4.74 Å². The van der Waals surface area contributed by atoms with Crippen LogP contribution in [0.2, 0.25) is 0 Å². The molecule has 0 aromatic carbocycles. The van der Waals surface area contributed by atoms with Crippen molar-refractivity contribution in [3.05, 3.63) is 0 Å². The molecule has 0 amide bonds. The Morgan fingerprint density at radius 2 is 1.75 bits per heavy atom. The van der Waals surface area contributed by atoms with E-state index in [1.165, 1.54) is 0 Å². The molecule has 2 N–H and O–H groups in total. The average Bonchev–Trinajstić information content (AvgIpc) is 2.19. The summed E-state index contributed by atoms with van der Waals surface area (Å²) in [5, 5.41) is 0. The van der Waals surface area contributed by atoms with Crippen LogP contribution in [0.3, 0.4) is 0 Å². The number of hydrogen-bond donors (Lipinski definition) is 1. The fraction of sp³-hybridized carbons (Fsp3) is 1.00. The lowest BCUT2D eigenvalue weighted by atomic mass is 10.2. The van der Waals surface area contributed by atoms with Gasteiger partial charge in [-0.15, -0.1) is 0 Å². The minimum Gasteiger partial charge on any atom is -0.383 e. The molecule has 0 aliphatic carbocycles. The van der Waals surface area contributed by atoms with Gasteiger partial charge < -0.3 is 15.4 Å². The van der Waals surface area contributed by atoms with Crippen molar-refractivity contribution in [1.82, 2.24) is 4.90 Å². The van der Waals surface area contributed by atoms with Crippen LogP contribution in [-0.4, -0.2) is 51.0 Å². The van der Waals surface area contributed by atoms with E-state index < -0.39 is 12.6 Å². The zero-order valence-corrected chi connectivity index (χ0v) is 9.72. The third kappa shape index (κ3) is 10.2. The summed E-state index contributed by atoms with van der Waals surface area (Å²) in [6.07, 6.45) is -3.84. The molecule has 0 unspecified atom stereocenters. The molecule has 0 aliphatic heterocycles. The number of hydrogen-bond acceptors (Lipinski definition) is 3. The highest BCUT2D eigenvalue weighted by Crippen LogP contribution is 2.21. The van der Waals surface area contributed by atoms with Crippen LogP contribution in [0.1, 0.15) is 19.3 Å². The Kier molecular flexibility index (Phi) is 8.60. The van der Waals surface area contributed by atoms with Gasteiger partial charge in [0, 0.05) is 20.1 Å². The second-order valence-corrected chi connectivity index (χ2v) is 3.70. The van der Waals surface area contributed by atoms with Crippen molar-refractivity contribution < 1.29 is 17.9 Å². The van der Waals surface area contributed by atoms with Gasteiger partial charge in [0.15, 0.2) is 0 Å². The minimum absolute atomic E-state index is 0.137. The van der Waals surface area contributed by atoms with Gasteiger partial charge in [-0.25, -0.2) is 0 Å². The zero-order chi connectivity index (χ0) is 12.4. The van der Waals surface area contributed by atoms with Gasteiger partial charge in [-0.1, -0.05) is 0 Å². The van der Waals surface area contributed by atoms with Gasteiger partial charge in [-0.05, 0) is 32.5 Å². The van der Waals surface area contributed by atoms with Gasteiger partial charge in [-0.3, -0.25) is 0 Å². The van der Waals surface area contributed by atoms with E-state index >= 15 is 0 Å². The quantitative estimate of drug-likeness (QED) is 0.668. The summed E-state index contributed by atoms with van der Waals surface area (Å²) in [7, 11) is 1.58. The molecule has 0 atom stereocenters. The van der Waals surface area contributed by atoms with Crippen LogP contribution in [0.5, 0.6) is 0 Å². The van der Waals surface area contributed by atoms with Gasteiger partial charge in [0.25, 0.3) is 0 Å². The average molecular weight is 242 g/mol. The summed E-state index contributed by atoms with van der Waals surface area (Å²) < 4.78 is 40.7. The Morgan fingerprint density at radius 1 is 1.12 bits per heavy atom. The lowest BCUT2D eigenvalue weighted by Gasteiger charge is -2.21. The lowest BCUT2D eigenvalue weighted by Crippen LogP contribution is -2.31. The summed E-state index contributed by atoms with van der Waals surface area (Å²) in [5.74, 6) is 0. The van der Waals surface area contributed by atoms with Crippen molar-refractivity contribution in [2.24, 2.45) is 5.73 Å². The van der Waals surface area contributed by atoms with Gasteiger partial charge in [0.2, 0.25) is 0 Å². The maximum atomic E-state index is 11.9. The van der Waals surface area contributed by atoms with Crippen LogP contribution >= 0.6 is 0 Å². The first-order valence-electron chi connectivity index (χ1n) is 5.47. The lowest BCUT2D eigenvalue weighted by molar-refractivity contribution is -0.136. The third-order valence-corrected chi connectivity index (χ3v) is 2.22. The fourth-order valence-electron chi connectivity index (χ4n) is 1.37. The largest absolute Gasteiger partial charge is 0.389 e. The van der Waals surface area contributed by atoms with E-state index in [1.807, 2.05) is 4.90 Å². The molecular weight excluding hydrogens is 221 g/mol. The Morgan fingerprint density at radius 3 is 2.25 bits per heavy atom. The summed E-state index contributed by atoms with van der Waals surface area (Å²) in [4.78, 5) is 1.96. The summed E-state index contributed by atoms with van der Waals surface area (Å²) in [5.41, 5.74) is 5.37. The van der Waals surface area contributed by atoms with E-state index in [1.54, 1.807) is 7.11 Å². The number of nitrogens with zero attached hydrogens (tertiary/aromatic N) is 1. The van der Waals surface area contributed by atoms with Gasteiger partial charge >= 0.3 is 6.18 Å². The highest BCUT2D eigenvalue weighted by molar-refractivity contribution is 4.60. The van der Waals surface area contributed by atoms with E-state index in [4.69, 9.17) is 10.5 Å². The van der Waals surface area contributed by atoms with Crippen molar-refractivity contribution >= 4 is 0 Å². The Balaban J connectivity index is 3.72. The Labute approximate surface area is 94.7 Å². The molecule has 0 heterocycles. The van der Waals surface area contributed by atoms with E-state index in [2.05, 4.69) is 0 Å². The van der Waals surface area contributed by atoms with Crippen molar-refractivity contribution in [1.29, 1.82) is 0 Å². The van der Waals surface area contributed by atoms with Crippen molar-refractivity contribution in [2.45, 2.75) is 25.4 Å². The Bertz CT molecular complexity index is 157. The van der Waals surface area contributed by atoms with Crippen molar-refractivity contribution in [3.8, 4) is 0 Å². The van der Waals surface area contributed by atoms with E-state index in [0.717, 1.165) is 13.0 Å². The van der Waals surface area contributed by atoms with Gasteiger partial charge in [-0.2, -0.15) is 13.2 Å². The summed E-state index contributed by atoms with van der Waals surface area (Å²) in [6, 6.07) is 0. The second kappa shape index (κ2) is 8.78. The summed E-state index contributed by atoms with van der Waals surface area (Å²) >= 11 is 0. The predicted molar refractivity (Wildman–Crippen MR) is 57.3 cm³/mol. The van der Waals surface area contributed by atoms with Crippen molar-refractivity contribution in [2.75, 3.05) is 39.9 Å². The second-order valence-electron chi connectivity index (χ2n) is 3.70. The van der Waals surface area contributed by atoms with E-state index in [0.29, 0.717) is 26.2 Å². The van der Waals surface area contributed by atoms with Crippen LogP contribution < -0.4 is 5.73 Å². The van der Waals surface area contributed by atoms with Crippen molar-refractivity contribution in [3.63, 3.8) is 0 Å². The molecule has 0 saturated carbocycles. The van der Waals surface area contributed by atoms with Crippen LogP contribution in [0, 0.1) is 0 Å². The molecule has 0 aromatic rings. The number of ether oxygens (including phenoxy) is 1. The standard InChI is InChI=1S/C10H21F3N2O/c1-16-9-8-15(7-3-5-14)6-2-4-10(11,12)13/h2-9,14H2,1H3. The van der Waals surface area contributed by atoms with Crippen LogP contribution in [0.4, 0.5) is 13.2 Å². The molecule has 98 valence electrons. The first kappa shape index (κ1) is 15.7. The molecule has 16 heavy (non-hydrogen) atoms. The topological polar surface area (TPSA) is 38.5 Å². The molecule has 3 nitrogen and oxygen atoms in total. The van der Waals surface area contributed by atoms with Gasteiger partial charge in [0.05, 0.1) is 6.61 Å². The minimum atomic E-state index is -4.05. The number of nitrogens with two attached hydrogens (primary N) is 1. The van der Waals surface area contributed by atoms with Crippen LogP contribution in [0.25, 0.3) is 0 Å². The molecule has 0 saturated heterocycles. The molecule has 0 rings (SSSR count). The zero-order valence-electron chi connectivity index (χ0n) is 9.72. The normalized spacial score (nSPS) is 12.4. The maximum Gasteiger partial charge on any atom is 0.389 e. The third-order valence-electron chi connectivity index (χ3n) is 2.22. The molecule has 0 aliphatic rings. The molecule has 6 heteroatoms. The fourth-order valence-corrected chi connectivity index (χ4v) is 1.37. The molecule has 0 spiro atoms.